The van der Waals surface area contributed by atoms with Gasteiger partial charge in [-0.3, -0.25) is 9.69 Å². The van der Waals surface area contributed by atoms with Gasteiger partial charge in [-0.15, -0.1) is 0 Å². The van der Waals surface area contributed by atoms with E-state index in [0.29, 0.717) is 12.6 Å². The molecule has 1 saturated heterocycles. The van der Waals surface area contributed by atoms with Crippen molar-refractivity contribution in [2.24, 2.45) is 5.92 Å². The van der Waals surface area contributed by atoms with E-state index in [1.165, 1.54) is 25.7 Å². The van der Waals surface area contributed by atoms with E-state index in [4.69, 9.17) is 0 Å². The van der Waals surface area contributed by atoms with Crippen LogP contribution in [0.4, 0.5) is 0 Å². The van der Waals surface area contributed by atoms with Gasteiger partial charge in [0, 0.05) is 12.6 Å². The lowest BCUT2D eigenvalue weighted by molar-refractivity contribution is -0.122. The Morgan fingerprint density at radius 1 is 1.43 bits per heavy atom. The molecule has 14 heavy (non-hydrogen) atoms. The van der Waals surface area contributed by atoms with Crippen molar-refractivity contribution in [1.82, 2.24) is 10.2 Å². The maximum Gasteiger partial charge on any atom is 0.234 e. The van der Waals surface area contributed by atoms with Crippen LogP contribution in [0, 0.1) is 5.92 Å². The van der Waals surface area contributed by atoms with E-state index in [1.54, 1.807) is 0 Å². The van der Waals surface area contributed by atoms with Crippen molar-refractivity contribution in [2.75, 3.05) is 19.6 Å². The molecular weight excluding hydrogens is 176 g/mol. The number of hydrogen-bond acceptors (Lipinski definition) is 2. The zero-order chi connectivity index (χ0) is 9.97. The van der Waals surface area contributed by atoms with E-state index in [-0.39, 0.29) is 5.91 Å². The smallest absolute Gasteiger partial charge is 0.234 e. The van der Waals surface area contributed by atoms with Gasteiger partial charge in [0.15, 0.2) is 0 Å². The second-order valence-electron chi connectivity index (χ2n) is 4.82. The minimum Gasteiger partial charge on any atom is -0.352 e. The quantitative estimate of drug-likeness (QED) is 0.730. The normalized spacial score (nSPS) is 28.8. The Hall–Kier alpha value is -0.570. The van der Waals surface area contributed by atoms with Gasteiger partial charge in [-0.05, 0) is 38.1 Å². The van der Waals surface area contributed by atoms with Crippen molar-refractivity contribution in [3.63, 3.8) is 0 Å². The first-order chi connectivity index (χ1) is 6.74. The zero-order valence-electron chi connectivity index (χ0n) is 8.96. The first-order valence-electron chi connectivity index (χ1n) is 5.76. The number of rotatable bonds is 3. The van der Waals surface area contributed by atoms with Gasteiger partial charge in [-0.2, -0.15) is 0 Å². The topological polar surface area (TPSA) is 32.3 Å². The number of nitrogens with one attached hydrogen (secondary N) is 1. The number of hydrogen-bond donors (Lipinski definition) is 1. The highest BCUT2D eigenvalue weighted by molar-refractivity contribution is 5.78. The Bertz CT molecular complexity index is 213. The fourth-order valence-corrected chi connectivity index (χ4v) is 2.13. The van der Waals surface area contributed by atoms with Gasteiger partial charge in [0.1, 0.15) is 0 Å². The van der Waals surface area contributed by atoms with Crippen LogP contribution in [0.5, 0.6) is 0 Å². The number of carbonyl (C=O) groups is 1. The molecule has 1 aliphatic heterocycles. The standard InChI is InChI=1S/C11H20N2O/c1-9-3-2-6-13(7-9)8-11(14)12-10-4-5-10/h9-10H,2-8H2,1H3,(H,12,14)/t9-/m0/s1. The molecule has 80 valence electrons. The molecule has 2 aliphatic rings. The highest BCUT2D eigenvalue weighted by atomic mass is 16.2. The second kappa shape index (κ2) is 4.30. The monoisotopic (exact) mass is 196 g/mol. The average Bonchev–Trinajstić information content (AvgIpc) is 2.87. The largest absolute Gasteiger partial charge is 0.352 e. The highest BCUT2D eigenvalue weighted by Gasteiger charge is 2.25. The summed E-state index contributed by atoms with van der Waals surface area (Å²) in [6.45, 7) is 5.08. The van der Waals surface area contributed by atoms with Crippen molar-refractivity contribution in [2.45, 2.75) is 38.6 Å². The van der Waals surface area contributed by atoms with E-state index in [1.807, 2.05) is 0 Å². The third kappa shape index (κ3) is 2.98. The van der Waals surface area contributed by atoms with Crippen LogP contribution in [0.15, 0.2) is 0 Å². The van der Waals surface area contributed by atoms with Gasteiger partial charge in [0.05, 0.1) is 6.54 Å². The number of amides is 1. The summed E-state index contributed by atoms with van der Waals surface area (Å²) in [5, 5.41) is 3.04. The Kier molecular flexibility index (Phi) is 3.06. The molecule has 2 fully saturated rings. The summed E-state index contributed by atoms with van der Waals surface area (Å²) in [4.78, 5) is 13.8. The summed E-state index contributed by atoms with van der Waals surface area (Å²) in [7, 11) is 0. The van der Waals surface area contributed by atoms with Crippen molar-refractivity contribution in [3.8, 4) is 0 Å². The zero-order valence-corrected chi connectivity index (χ0v) is 8.96. The molecule has 1 saturated carbocycles. The molecule has 3 heteroatoms. The molecule has 1 aliphatic carbocycles. The van der Waals surface area contributed by atoms with Gasteiger partial charge in [-0.1, -0.05) is 6.92 Å². The third-order valence-corrected chi connectivity index (χ3v) is 3.05. The minimum atomic E-state index is 0.224. The maximum atomic E-state index is 11.5. The summed E-state index contributed by atoms with van der Waals surface area (Å²) in [6.07, 6.45) is 4.93. The van der Waals surface area contributed by atoms with Crippen molar-refractivity contribution in [1.29, 1.82) is 0 Å². The number of likely N-dealkylation sites (tertiary alicyclic amines) is 1. The molecule has 1 amide bonds. The van der Waals surface area contributed by atoms with Gasteiger partial charge in [0.2, 0.25) is 5.91 Å². The molecule has 0 aromatic rings. The minimum absolute atomic E-state index is 0.224. The lowest BCUT2D eigenvalue weighted by atomic mass is 10.0. The molecule has 2 rings (SSSR count). The molecule has 1 atom stereocenters. The van der Waals surface area contributed by atoms with Crippen LogP contribution in [0.2, 0.25) is 0 Å². The van der Waals surface area contributed by atoms with Crippen molar-refractivity contribution in [3.05, 3.63) is 0 Å². The molecule has 0 aromatic carbocycles. The van der Waals surface area contributed by atoms with Gasteiger partial charge in [0.25, 0.3) is 0 Å². The van der Waals surface area contributed by atoms with E-state index in [9.17, 15) is 4.79 Å². The van der Waals surface area contributed by atoms with Gasteiger partial charge < -0.3 is 5.32 Å². The molecular formula is C11H20N2O. The van der Waals surface area contributed by atoms with Crippen LogP contribution in [-0.4, -0.2) is 36.5 Å². The SMILES string of the molecule is C[C@H]1CCCN(CC(=O)NC2CC2)C1. The lowest BCUT2D eigenvalue weighted by Crippen LogP contribution is -2.42. The fraction of sp³-hybridized carbons (Fsp3) is 0.909. The summed E-state index contributed by atoms with van der Waals surface area (Å²) in [6, 6.07) is 0.504. The van der Waals surface area contributed by atoms with Gasteiger partial charge in [-0.25, -0.2) is 0 Å². The van der Waals surface area contributed by atoms with Gasteiger partial charge >= 0.3 is 0 Å². The Morgan fingerprint density at radius 2 is 2.21 bits per heavy atom. The number of nitrogens with zero attached hydrogens (tertiary/aromatic N) is 1. The van der Waals surface area contributed by atoms with Crippen LogP contribution >= 0.6 is 0 Å². The lowest BCUT2D eigenvalue weighted by Gasteiger charge is -2.30. The molecule has 1 heterocycles. The highest BCUT2D eigenvalue weighted by Crippen LogP contribution is 2.19. The van der Waals surface area contributed by atoms with E-state index in [2.05, 4.69) is 17.1 Å². The van der Waals surface area contributed by atoms with E-state index in [0.717, 1.165) is 19.0 Å². The fourth-order valence-electron chi connectivity index (χ4n) is 2.13. The first kappa shape index (κ1) is 9.97. The molecule has 0 unspecified atom stereocenters. The van der Waals surface area contributed by atoms with Crippen LogP contribution in [0.1, 0.15) is 32.6 Å². The summed E-state index contributed by atoms with van der Waals surface area (Å²) >= 11 is 0. The number of carbonyl (C=O) groups excluding carboxylic acids is 1. The van der Waals surface area contributed by atoms with E-state index >= 15 is 0 Å². The summed E-state index contributed by atoms with van der Waals surface area (Å²) < 4.78 is 0. The predicted molar refractivity (Wildman–Crippen MR) is 56.0 cm³/mol. The molecule has 1 N–H and O–H groups in total. The Morgan fingerprint density at radius 3 is 2.86 bits per heavy atom. The molecule has 0 spiro atoms. The van der Waals surface area contributed by atoms with Crippen molar-refractivity contribution >= 4 is 5.91 Å². The summed E-state index contributed by atoms with van der Waals surface area (Å²) in [5.41, 5.74) is 0. The molecule has 0 bridgehead atoms. The Balaban J connectivity index is 1.69. The number of piperidine rings is 1. The Labute approximate surface area is 85.8 Å². The maximum absolute atomic E-state index is 11.5. The average molecular weight is 196 g/mol. The molecule has 3 nitrogen and oxygen atoms in total. The van der Waals surface area contributed by atoms with Crippen molar-refractivity contribution < 1.29 is 4.79 Å². The first-order valence-corrected chi connectivity index (χ1v) is 5.76. The van der Waals surface area contributed by atoms with Crippen LogP contribution in [0.3, 0.4) is 0 Å². The van der Waals surface area contributed by atoms with Crippen LogP contribution in [-0.2, 0) is 4.79 Å². The summed E-state index contributed by atoms with van der Waals surface area (Å²) in [5.74, 6) is 0.985. The van der Waals surface area contributed by atoms with Crippen LogP contribution < -0.4 is 5.32 Å². The van der Waals surface area contributed by atoms with Crippen LogP contribution in [0.25, 0.3) is 0 Å². The molecule has 0 radical (unpaired) electrons. The predicted octanol–water partition coefficient (Wildman–Crippen LogP) is 0.997. The molecule has 0 aromatic heterocycles. The second-order valence-corrected chi connectivity index (χ2v) is 4.82. The van der Waals surface area contributed by atoms with E-state index < -0.39 is 0 Å². The third-order valence-electron chi connectivity index (χ3n) is 3.05.